The van der Waals surface area contributed by atoms with Crippen LogP contribution in [0.1, 0.15) is 41.5 Å². The fourth-order valence-electron chi connectivity index (χ4n) is 4.54. The zero-order chi connectivity index (χ0) is 24.6. The summed E-state index contributed by atoms with van der Waals surface area (Å²) in [5.74, 6) is -1.19. The van der Waals surface area contributed by atoms with Gasteiger partial charge in [0.25, 0.3) is 0 Å². The third-order valence-electron chi connectivity index (χ3n) is 6.19. The summed E-state index contributed by atoms with van der Waals surface area (Å²) >= 11 is 0. The first-order valence-electron chi connectivity index (χ1n) is 11.3. The van der Waals surface area contributed by atoms with Crippen molar-refractivity contribution >= 4 is 5.97 Å². The van der Waals surface area contributed by atoms with Crippen molar-refractivity contribution in [1.82, 2.24) is 10.3 Å². The van der Waals surface area contributed by atoms with Gasteiger partial charge in [-0.3, -0.25) is 4.79 Å². The number of unbranched alkanes of at least 4 members (excludes halogenated alkanes) is 1. The van der Waals surface area contributed by atoms with Crippen LogP contribution in [0.15, 0.2) is 57.6 Å². The number of aliphatic carboxylic acids is 1. The summed E-state index contributed by atoms with van der Waals surface area (Å²) in [6.45, 7) is 0. The Bertz CT molecular complexity index is 1370. The summed E-state index contributed by atoms with van der Waals surface area (Å²) in [6.07, 6.45) is -1.37. The minimum atomic E-state index is -4.71. The Morgan fingerprint density at radius 2 is 1.69 bits per heavy atom. The molecular formula is C26H21F3N2O4. The van der Waals surface area contributed by atoms with Crippen LogP contribution in [0.2, 0.25) is 0 Å². The SMILES string of the molecule is O=C(O)CCCCc1ccc2c(c1)CCc1c-2noc1-c1noc(-c2ccccc2)c1C(F)(F)F. The van der Waals surface area contributed by atoms with Gasteiger partial charge in [-0.1, -0.05) is 58.8 Å². The number of carboxylic acids is 1. The van der Waals surface area contributed by atoms with E-state index in [-0.39, 0.29) is 23.5 Å². The van der Waals surface area contributed by atoms with E-state index in [0.29, 0.717) is 30.5 Å². The number of fused-ring (bicyclic) bond motifs is 3. The van der Waals surface area contributed by atoms with Gasteiger partial charge in [-0.25, -0.2) is 0 Å². The van der Waals surface area contributed by atoms with Gasteiger partial charge in [-0.15, -0.1) is 0 Å². The lowest BCUT2D eigenvalue weighted by Crippen LogP contribution is -2.09. The molecule has 5 rings (SSSR count). The molecule has 0 fully saturated rings. The highest BCUT2D eigenvalue weighted by Gasteiger charge is 2.43. The van der Waals surface area contributed by atoms with Gasteiger partial charge in [0, 0.05) is 23.1 Å². The van der Waals surface area contributed by atoms with Gasteiger partial charge in [0.1, 0.15) is 11.3 Å². The number of aromatic nitrogens is 2. The molecule has 0 amide bonds. The number of rotatable bonds is 7. The Morgan fingerprint density at radius 3 is 2.43 bits per heavy atom. The largest absolute Gasteiger partial charge is 0.481 e. The Kier molecular flexibility index (Phi) is 5.92. The standard InChI is InChI=1S/C26H21F3N2O4/c27-26(28,29)21-23(31-34-24(21)16-7-2-1-3-8-16)25-19-13-11-17-14-15(6-4-5-9-20(32)33)10-12-18(17)22(19)30-35-25/h1-3,7-8,10,12,14H,4-6,9,11,13H2,(H,32,33). The molecule has 0 atom stereocenters. The van der Waals surface area contributed by atoms with Gasteiger partial charge in [-0.2, -0.15) is 13.2 Å². The van der Waals surface area contributed by atoms with E-state index in [0.717, 1.165) is 29.5 Å². The molecule has 2 aromatic carbocycles. The molecule has 0 spiro atoms. The normalized spacial score (nSPS) is 12.9. The monoisotopic (exact) mass is 482 g/mol. The second-order valence-electron chi connectivity index (χ2n) is 8.53. The molecule has 0 radical (unpaired) electrons. The van der Waals surface area contributed by atoms with Crippen molar-refractivity contribution in [3.63, 3.8) is 0 Å². The van der Waals surface area contributed by atoms with Crippen LogP contribution in [-0.2, 0) is 30.2 Å². The maximum atomic E-state index is 14.1. The number of alkyl halides is 3. The summed E-state index contributed by atoms with van der Waals surface area (Å²) in [5.41, 5.74) is 2.91. The predicted octanol–water partition coefficient (Wildman–Crippen LogP) is 6.58. The molecule has 0 saturated carbocycles. The maximum Gasteiger partial charge on any atom is 0.422 e. The average Bonchev–Trinajstić information content (AvgIpc) is 3.46. The van der Waals surface area contributed by atoms with Gasteiger partial charge in [0.2, 0.25) is 0 Å². The van der Waals surface area contributed by atoms with Crippen LogP contribution in [-0.4, -0.2) is 21.4 Å². The van der Waals surface area contributed by atoms with E-state index in [2.05, 4.69) is 16.4 Å². The Hall–Kier alpha value is -3.88. The zero-order valence-corrected chi connectivity index (χ0v) is 18.6. The molecule has 6 nitrogen and oxygen atoms in total. The van der Waals surface area contributed by atoms with Crippen LogP contribution in [0.25, 0.3) is 34.0 Å². The molecule has 9 heteroatoms. The molecule has 2 heterocycles. The first-order chi connectivity index (χ1) is 16.8. The number of halogens is 3. The summed E-state index contributed by atoms with van der Waals surface area (Å²) in [7, 11) is 0. The van der Waals surface area contributed by atoms with Crippen LogP contribution >= 0.6 is 0 Å². The summed E-state index contributed by atoms with van der Waals surface area (Å²) in [4.78, 5) is 10.7. The third kappa shape index (κ3) is 4.45. The molecule has 0 unspecified atom stereocenters. The van der Waals surface area contributed by atoms with Gasteiger partial charge < -0.3 is 14.2 Å². The third-order valence-corrected chi connectivity index (χ3v) is 6.19. The van der Waals surface area contributed by atoms with Crippen LogP contribution in [0.5, 0.6) is 0 Å². The van der Waals surface area contributed by atoms with Crippen molar-refractivity contribution in [2.75, 3.05) is 0 Å². The fourth-order valence-corrected chi connectivity index (χ4v) is 4.54. The molecule has 0 bridgehead atoms. The van der Waals surface area contributed by atoms with E-state index in [1.165, 1.54) is 12.1 Å². The number of hydrogen-bond acceptors (Lipinski definition) is 5. The molecular weight excluding hydrogens is 461 g/mol. The average molecular weight is 482 g/mol. The van der Waals surface area contributed by atoms with Crippen molar-refractivity contribution in [2.45, 2.75) is 44.7 Å². The van der Waals surface area contributed by atoms with Gasteiger partial charge in [-0.05, 0) is 43.2 Å². The van der Waals surface area contributed by atoms with E-state index in [4.69, 9.17) is 14.2 Å². The van der Waals surface area contributed by atoms with Crippen LogP contribution in [0.3, 0.4) is 0 Å². The molecule has 180 valence electrons. The molecule has 1 aliphatic carbocycles. The molecule has 2 aromatic heterocycles. The molecule has 4 aromatic rings. The number of carbonyl (C=O) groups is 1. The van der Waals surface area contributed by atoms with E-state index in [1.54, 1.807) is 18.2 Å². The first kappa shape index (κ1) is 22.9. The highest BCUT2D eigenvalue weighted by atomic mass is 19.4. The first-order valence-corrected chi connectivity index (χ1v) is 11.3. The lowest BCUT2D eigenvalue weighted by Gasteiger charge is -2.16. The molecule has 0 saturated heterocycles. The zero-order valence-electron chi connectivity index (χ0n) is 18.6. The summed E-state index contributed by atoms with van der Waals surface area (Å²) in [5, 5.41) is 16.7. The smallest absolute Gasteiger partial charge is 0.422 e. The molecule has 35 heavy (non-hydrogen) atoms. The Balaban J connectivity index is 1.48. The summed E-state index contributed by atoms with van der Waals surface area (Å²) < 4.78 is 53.0. The van der Waals surface area contributed by atoms with Crippen molar-refractivity contribution in [3.05, 3.63) is 70.8 Å². The van der Waals surface area contributed by atoms with E-state index in [1.807, 2.05) is 12.1 Å². The second-order valence-corrected chi connectivity index (χ2v) is 8.53. The number of aryl methyl sites for hydroxylation is 2. The van der Waals surface area contributed by atoms with Gasteiger partial charge in [0.05, 0.1) is 0 Å². The summed E-state index contributed by atoms with van der Waals surface area (Å²) in [6, 6.07) is 13.9. The predicted molar refractivity (Wildman–Crippen MR) is 120 cm³/mol. The minimum Gasteiger partial charge on any atom is -0.481 e. The topological polar surface area (TPSA) is 89.4 Å². The number of hydrogen-bond donors (Lipinski definition) is 1. The maximum absolute atomic E-state index is 14.1. The van der Waals surface area contributed by atoms with Crippen molar-refractivity contribution < 1.29 is 32.1 Å². The van der Waals surface area contributed by atoms with E-state index < -0.39 is 23.4 Å². The lowest BCUT2D eigenvalue weighted by atomic mass is 9.86. The molecule has 1 N–H and O–H groups in total. The van der Waals surface area contributed by atoms with Gasteiger partial charge >= 0.3 is 12.1 Å². The quantitative estimate of drug-likeness (QED) is 0.299. The van der Waals surface area contributed by atoms with Gasteiger partial charge in [0.15, 0.2) is 17.2 Å². The second kappa shape index (κ2) is 9.05. The van der Waals surface area contributed by atoms with Crippen LogP contribution in [0.4, 0.5) is 13.2 Å². The highest BCUT2D eigenvalue weighted by molar-refractivity contribution is 5.79. The Morgan fingerprint density at radius 1 is 0.943 bits per heavy atom. The van der Waals surface area contributed by atoms with Crippen molar-refractivity contribution in [1.29, 1.82) is 0 Å². The molecule has 0 aliphatic heterocycles. The Labute approximate surface area is 198 Å². The van der Waals surface area contributed by atoms with Crippen LogP contribution in [0, 0.1) is 0 Å². The van der Waals surface area contributed by atoms with E-state index in [9.17, 15) is 18.0 Å². The van der Waals surface area contributed by atoms with E-state index >= 15 is 0 Å². The minimum absolute atomic E-state index is 0.0262. The van der Waals surface area contributed by atoms with Crippen LogP contribution < -0.4 is 0 Å². The highest BCUT2D eigenvalue weighted by Crippen LogP contribution is 2.46. The molecule has 1 aliphatic rings. The lowest BCUT2D eigenvalue weighted by molar-refractivity contribution is -0.138. The number of nitrogens with zero attached hydrogens (tertiary/aromatic N) is 2. The number of benzene rings is 2. The van der Waals surface area contributed by atoms with Crippen molar-refractivity contribution in [2.24, 2.45) is 0 Å². The fraction of sp³-hybridized carbons (Fsp3) is 0.269. The number of carboxylic acid groups (broad SMARTS) is 1. The van der Waals surface area contributed by atoms with Crippen molar-refractivity contribution in [3.8, 4) is 34.0 Å².